The van der Waals surface area contributed by atoms with E-state index in [0.29, 0.717) is 0 Å². The lowest BCUT2D eigenvalue weighted by atomic mass is 10.0. The van der Waals surface area contributed by atoms with Crippen LogP contribution in [-0.4, -0.2) is 75.8 Å². The highest BCUT2D eigenvalue weighted by atomic mass is 15.3. The smallest absolute Gasteiger partial charge is 0.0120 e. The summed E-state index contributed by atoms with van der Waals surface area (Å²) >= 11 is 0. The van der Waals surface area contributed by atoms with Gasteiger partial charge in [0.15, 0.2) is 0 Å². The molecule has 4 nitrogen and oxygen atoms in total. The van der Waals surface area contributed by atoms with Crippen molar-refractivity contribution in [3.8, 4) is 0 Å². The van der Waals surface area contributed by atoms with Gasteiger partial charge >= 0.3 is 0 Å². The van der Waals surface area contributed by atoms with Gasteiger partial charge in [0.05, 0.1) is 0 Å². The second-order valence-corrected chi connectivity index (χ2v) is 6.61. The highest BCUT2D eigenvalue weighted by Gasteiger charge is 2.23. The lowest BCUT2D eigenvalue weighted by Crippen LogP contribution is -2.51. The standard InChI is InChI=1S/C10H21N3.C6H15N.2C2H6/c1-12-6-8-13(9-7-12)10-2-4-11-5-3-10;1-6(2)4-5-7-3;2*1-2/h10-11H,2-9H2,1H3;6-7H,4-5H2,1-3H3;2*1-2H3. The fraction of sp³-hybridized carbons (Fsp3) is 1.00. The van der Waals surface area contributed by atoms with Crippen molar-refractivity contribution in [2.24, 2.45) is 5.92 Å². The number of hydrogen-bond acceptors (Lipinski definition) is 4. The van der Waals surface area contributed by atoms with Crippen molar-refractivity contribution in [1.29, 1.82) is 0 Å². The third-order valence-electron chi connectivity index (χ3n) is 4.33. The SMILES string of the molecule is CC.CC.CN1CCN(C2CCNCC2)CC1.CNCCC(C)C. The average molecular weight is 345 g/mol. The van der Waals surface area contributed by atoms with Gasteiger partial charge in [-0.15, -0.1) is 0 Å². The van der Waals surface area contributed by atoms with E-state index in [1.54, 1.807) is 0 Å². The van der Waals surface area contributed by atoms with Crippen molar-refractivity contribution in [3.05, 3.63) is 0 Å². The van der Waals surface area contributed by atoms with Crippen molar-refractivity contribution in [1.82, 2.24) is 20.4 Å². The minimum absolute atomic E-state index is 0.840. The molecule has 4 heteroatoms. The molecule has 2 N–H and O–H groups in total. The molecule has 0 atom stereocenters. The summed E-state index contributed by atoms with van der Waals surface area (Å²) in [5, 5.41) is 6.52. The fourth-order valence-corrected chi connectivity index (χ4v) is 2.79. The summed E-state index contributed by atoms with van der Waals surface area (Å²) in [6.45, 7) is 21.1. The van der Waals surface area contributed by atoms with Gasteiger partial charge in [-0.2, -0.15) is 0 Å². The van der Waals surface area contributed by atoms with Crippen molar-refractivity contribution in [2.45, 2.75) is 66.8 Å². The van der Waals surface area contributed by atoms with Gasteiger partial charge in [0, 0.05) is 32.2 Å². The van der Waals surface area contributed by atoms with E-state index in [1.165, 1.54) is 58.5 Å². The van der Waals surface area contributed by atoms with Crippen LogP contribution >= 0.6 is 0 Å². The molecule has 0 saturated carbocycles. The highest BCUT2D eigenvalue weighted by molar-refractivity contribution is 4.81. The average Bonchev–Trinajstić information content (AvgIpc) is 2.65. The largest absolute Gasteiger partial charge is 0.320 e. The Hall–Kier alpha value is -0.160. The van der Waals surface area contributed by atoms with Gasteiger partial charge in [-0.25, -0.2) is 0 Å². The van der Waals surface area contributed by atoms with Crippen LogP contribution < -0.4 is 10.6 Å². The molecule has 0 amide bonds. The van der Waals surface area contributed by atoms with Gasteiger partial charge in [0.25, 0.3) is 0 Å². The maximum atomic E-state index is 3.43. The molecule has 2 aliphatic rings. The van der Waals surface area contributed by atoms with E-state index in [1.807, 2.05) is 34.7 Å². The molecule has 0 aliphatic carbocycles. The lowest BCUT2D eigenvalue weighted by Gasteiger charge is -2.39. The van der Waals surface area contributed by atoms with E-state index < -0.39 is 0 Å². The van der Waals surface area contributed by atoms with Crippen molar-refractivity contribution < 1.29 is 0 Å². The van der Waals surface area contributed by atoms with Gasteiger partial charge in [0.2, 0.25) is 0 Å². The van der Waals surface area contributed by atoms with E-state index in [4.69, 9.17) is 0 Å². The summed E-state index contributed by atoms with van der Waals surface area (Å²) in [7, 11) is 4.21. The maximum Gasteiger partial charge on any atom is 0.0120 e. The molecular weight excluding hydrogens is 296 g/mol. The minimum atomic E-state index is 0.840. The third kappa shape index (κ3) is 14.2. The number of nitrogens with zero attached hydrogens (tertiary/aromatic N) is 2. The van der Waals surface area contributed by atoms with Gasteiger partial charge in [0.1, 0.15) is 0 Å². The molecule has 24 heavy (non-hydrogen) atoms. The molecule has 0 aromatic carbocycles. The van der Waals surface area contributed by atoms with E-state index in [0.717, 1.165) is 18.5 Å². The molecule has 2 aliphatic heterocycles. The zero-order valence-corrected chi connectivity index (χ0v) is 18.1. The number of piperazine rings is 1. The van der Waals surface area contributed by atoms with E-state index in [9.17, 15) is 0 Å². The van der Waals surface area contributed by atoms with E-state index in [-0.39, 0.29) is 0 Å². The molecule has 0 spiro atoms. The first-order valence-corrected chi connectivity index (χ1v) is 10.4. The van der Waals surface area contributed by atoms with Gasteiger partial charge in [-0.1, -0.05) is 41.5 Å². The molecule has 2 rings (SSSR count). The predicted molar refractivity (Wildman–Crippen MR) is 111 cm³/mol. The summed E-state index contributed by atoms with van der Waals surface area (Å²) in [6.07, 6.45) is 3.99. The molecule has 2 saturated heterocycles. The maximum absolute atomic E-state index is 3.43. The Bertz CT molecular complexity index is 220. The number of rotatable bonds is 4. The summed E-state index contributed by atoms with van der Waals surface area (Å²) in [6, 6.07) is 0.870. The van der Waals surface area contributed by atoms with Gasteiger partial charge in [-0.05, 0) is 58.9 Å². The predicted octanol–water partition coefficient (Wildman–Crippen LogP) is 3.29. The Labute approximate surface area is 153 Å². The van der Waals surface area contributed by atoms with Gasteiger partial charge in [-0.3, -0.25) is 4.90 Å². The van der Waals surface area contributed by atoms with Crippen LogP contribution in [-0.2, 0) is 0 Å². The van der Waals surface area contributed by atoms with Crippen LogP contribution in [0.2, 0.25) is 0 Å². The second-order valence-electron chi connectivity index (χ2n) is 6.61. The molecule has 2 fully saturated rings. The number of likely N-dealkylation sites (N-methyl/N-ethyl adjacent to an activating group) is 1. The van der Waals surface area contributed by atoms with Crippen molar-refractivity contribution in [3.63, 3.8) is 0 Å². The molecular formula is C20H48N4. The molecule has 0 aromatic heterocycles. The Balaban J connectivity index is 0. The summed E-state index contributed by atoms with van der Waals surface area (Å²) in [4.78, 5) is 5.11. The van der Waals surface area contributed by atoms with Crippen LogP contribution in [0.15, 0.2) is 0 Å². The van der Waals surface area contributed by atoms with E-state index >= 15 is 0 Å². The third-order valence-corrected chi connectivity index (χ3v) is 4.33. The Morgan fingerprint density at radius 2 is 1.46 bits per heavy atom. The molecule has 0 unspecified atom stereocenters. The molecule has 0 bridgehead atoms. The monoisotopic (exact) mass is 344 g/mol. The van der Waals surface area contributed by atoms with Crippen LogP contribution in [0.1, 0.15) is 60.8 Å². The Morgan fingerprint density at radius 1 is 0.958 bits per heavy atom. The van der Waals surface area contributed by atoms with Crippen LogP contribution in [0.25, 0.3) is 0 Å². The fourth-order valence-electron chi connectivity index (χ4n) is 2.79. The number of hydrogen-bond donors (Lipinski definition) is 2. The molecule has 0 radical (unpaired) electrons. The van der Waals surface area contributed by atoms with Gasteiger partial charge < -0.3 is 15.5 Å². The second kappa shape index (κ2) is 19.2. The topological polar surface area (TPSA) is 30.5 Å². The minimum Gasteiger partial charge on any atom is -0.320 e. The quantitative estimate of drug-likeness (QED) is 0.819. The first-order valence-electron chi connectivity index (χ1n) is 10.4. The zero-order chi connectivity index (χ0) is 18.8. The zero-order valence-electron chi connectivity index (χ0n) is 18.1. The summed E-state index contributed by atoms with van der Waals surface area (Å²) in [5.74, 6) is 0.840. The van der Waals surface area contributed by atoms with Crippen LogP contribution in [0.4, 0.5) is 0 Å². The Morgan fingerprint density at radius 3 is 1.83 bits per heavy atom. The van der Waals surface area contributed by atoms with Crippen LogP contribution in [0.3, 0.4) is 0 Å². The molecule has 148 valence electrons. The van der Waals surface area contributed by atoms with Crippen LogP contribution in [0, 0.1) is 5.92 Å². The van der Waals surface area contributed by atoms with E-state index in [2.05, 4.69) is 41.3 Å². The lowest BCUT2D eigenvalue weighted by molar-refractivity contribution is 0.0948. The number of piperidine rings is 1. The summed E-state index contributed by atoms with van der Waals surface area (Å²) < 4.78 is 0. The van der Waals surface area contributed by atoms with Crippen molar-refractivity contribution in [2.75, 3.05) is 59.9 Å². The molecule has 2 heterocycles. The Kier molecular flexibility index (Phi) is 20.8. The highest BCUT2D eigenvalue weighted by Crippen LogP contribution is 2.13. The number of nitrogens with one attached hydrogen (secondary N) is 2. The molecule has 0 aromatic rings. The first-order chi connectivity index (χ1) is 11.6. The first kappa shape index (κ1) is 26.1. The normalized spacial score (nSPS) is 19.4. The van der Waals surface area contributed by atoms with Crippen molar-refractivity contribution >= 4 is 0 Å². The van der Waals surface area contributed by atoms with Crippen LogP contribution in [0.5, 0.6) is 0 Å². The summed E-state index contributed by atoms with van der Waals surface area (Å²) in [5.41, 5.74) is 0.